The minimum atomic E-state index is 0.436. The molecule has 10 aromatic rings. The van der Waals surface area contributed by atoms with Gasteiger partial charge in [0.2, 0.25) is 0 Å². The number of hydrogen-bond donors (Lipinski definition) is 0. The summed E-state index contributed by atoms with van der Waals surface area (Å²) in [6, 6.07) is 58.7. The summed E-state index contributed by atoms with van der Waals surface area (Å²) in [5, 5.41) is 7.62. The van der Waals surface area contributed by atoms with Crippen LogP contribution in [-0.4, -0.2) is 18.8 Å². The molecule has 0 aliphatic carbocycles. The summed E-state index contributed by atoms with van der Waals surface area (Å²) in [6.07, 6.45) is 9.53. The highest BCUT2D eigenvalue weighted by molar-refractivity contribution is 6.23. The monoisotopic (exact) mass is 759 g/mol. The molecule has 0 saturated carbocycles. The minimum Gasteiger partial charge on any atom is -0.455 e. The number of benzene rings is 8. The third-order valence-corrected chi connectivity index (χ3v) is 10.7. The normalized spacial score (nSPS) is 12.4. The Bertz CT molecular complexity index is 3310. The molecule has 0 amide bonds. The number of fused-ring (bicyclic) bond motifs is 7. The summed E-state index contributed by atoms with van der Waals surface area (Å²) in [7, 11) is 0. The molecule has 2 heterocycles. The van der Waals surface area contributed by atoms with E-state index in [1.165, 1.54) is 21.9 Å². The molecule has 0 spiro atoms. The number of para-hydroxylation sites is 1. The van der Waals surface area contributed by atoms with Gasteiger partial charge in [-0.3, -0.25) is 4.99 Å². The Balaban J connectivity index is 0.958. The predicted molar refractivity (Wildman–Crippen MR) is 248 cm³/mol. The van der Waals surface area contributed by atoms with Gasteiger partial charge < -0.3 is 8.83 Å². The van der Waals surface area contributed by atoms with E-state index in [1.54, 1.807) is 0 Å². The SMILES string of the molecule is C=N/C(=N\c1c(\C=C/C=C/C=N/Cc2ccc3cc(-c4ccccc4)ccc3c2)oc2ccccc12)c1cc(-c2ccccc2)cc2c1oc1ccc3ccccc3c12. The van der Waals surface area contributed by atoms with Gasteiger partial charge in [0.25, 0.3) is 0 Å². The first-order chi connectivity index (χ1) is 29.2. The molecule has 5 heteroatoms. The maximum Gasteiger partial charge on any atom is 0.163 e. The number of allylic oxidation sites excluding steroid dienone is 3. The maximum atomic E-state index is 6.65. The first-order valence-electron chi connectivity index (χ1n) is 19.6. The fourth-order valence-electron chi connectivity index (χ4n) is 7.86. The lowest BCUT2D eigenvalue weighted by Crippen LogP contribution is -1.98. The van der Waals surface area contributed by atoms with Crippen LogP contribution >= 0.6 is 0 Å². The molecule has 0 fully saturated rings. The van der Waals surface area contributed by atoms with Crippen molar-refractivity contribution in [1.29, 1.82) is 0 Å². The highest BCUT2D eigenvalue weighted by Gasteiger charge is 2.20. The fourth-order valence-corrected chi connectivity index (χ4v) is 7.86. The Morgan fingerprint density at radius 2 is 1.24 bits per heavy atom. The molecular formula is C54H37N3O2. The van der Waals surface area contributed by atoms with E-state index in [0.717, 1.165) is 60.4 Å². The van der Waals surface area contributed by atoms with E-state index in [9.17, 15) is 0 Å². The van der Waals surface area contributed by atoms with E-state index in [0.29, 0.717) is 29.4 Å². The topological polar surface area (TPSA) is 63.4 Å². The first-order valence-corrected chi connectivity index (χ1v) is 19.6. The Hall–Kier alpha value is -7.89. The summed E-state index contributed by atoms with van der Waals surface area (Å²) in [5.74, 6) is 1.04. The fraction of sp³-hybridized carbons (Fsp3) is 0.0185. The molecule has 0 aliphatic heterocycles. The second-order valence-electron chi connectivity index (χ2n) is 14.4. The average Bonchev–Trinajstić information content (AvgIpc) is 3.86. The zero-order valence-corrected chi connectivity index (χ0v) is 32.1. The van der Waals surface area contributed by atoms with Gasteiger partial charge in [-0.25, -0.2) is 9.98 Å². The molecule has 0 radical (unpaired) electrons. The van der Waals surface area contributed by atoms with E-state index in [4.69, 9.17) is 13.8 Å². The van der Waals surface area contributed by atoms with Crippen molar-refractivity contribution in [2.75, 3.05) is 0 Å². The molecule has 280 valence electrons. The molecule has 0 unspecified atom stereocenters. The van der Waals surface area contributed by atoms with Gasteiger partial charge in [0, 0.05) is 22.4 Å². The van der Waals surface area contributed by atoms with Crippen LogP contribution in [0.2, 0.25) is 0 Å². The Morgan fingerprint density at radius 3 is 2.07 bits per heavy atom. The third kappa shape index (κ3) is 6.96. The van der Waals surface area contributed by atoms with E-state index >= 15 is 0 Å². The Kier molecular flexibility index (Phi) is 9.37. The maximum absolute atomic E-state index is 6.65. The summed E-state index contributed by atoms with van der Waals surface area (Å²) < 4.78 is 13.0. The second kappa shape index (κ2) is 15.6. The van der Waals surface area contributed by atoms with Crippen molar-refractivity contribution in [3.05, 3.63) is 205 Å². The highest BCUT2D eigenvalue weighted by Crippen LogP contribution is 2.41. The molecular weight excluding hydrogens is 723 g/mol. The van der Waals surface area contributed by atoms with Crippen LogP contribution in [0.5, 0.6) is 0 Å². The van der Waals surface area contributed by atoms with Crippen molar-refractivity contribution < 1.29 is 8.83 Å². The van der Waals surface area contributed by atoms with Crippen molar-refractivity contribution in [3.63, 3.8) is 0 Å². The van der Waals surface area contributed by atoms with Crippen LogP contribution in [-0.2, 0) is 6.54 Å². The van der Waals surface area contributed by atoms with Gasteiger partial charge in [0.05, 0.1) is 12.1 Å². The van der Waals surface area contributed by atoms with Gasteiger partial charge in [0.15, 0.2) is 11.6 Å². The van der Waals surface area contributed by atoms with Crippen LogP contribution < -0.4 is 0 Å². The van der Waals surface area contributed by atoms with Crippen LogP contribution in [0.15, 0.2) is 212 Å². The standard InChI is InChI=1S/C54H37N3O2/c1-55-54(47-34-43(38-17-7-3-8-18-38)33-46-51-44-20-11-10-19-39(44)28-29-49(51)59-53(46)47)57-52-45-21-12-13-22-48(45)58-50(52)23-9-4-14-30-56-35-36-24-25-42-32-41(27-26-40(42)31-36)37-15-5-2-6-16-37/h2-34H,1,35H2/b14-4+,23-9-,56-30+,57-54-. The molecule has 5 nitrogen and oxygen atoms in total. The Morgan fingerprint density at radius 1 is 0.525 bits per heavy atom. The number of hydrogen-bond acceptors (Lipinski definition) is 4. The molecule has 0 atom stereocenters. The minimum absolute atomic E-state index is 0.436. The number of nitrogens with zero attached hydrogens (tertiary/aromatic N) is 3. The molecule has 0 N–H and O–H groups in total. The molecule has 2 aromatic heterocycles. The summed E-state index contributed by atoms with van der Waals surface area (Å²) in [4.78, 5) is 14.4. The van der Waals surface area contributed by atoms with E-state index in [1.807, 2.05) is 85.1 Å². The van der Waals surface area contributed by atoms with Crippen molar-refractivity contribution in [2.24, 2.45) is 15.0 Å². The number of rotatable bonds is 9. The second-order valence-corrected chi connectivity index (χ2v) is 14.4. The van der Waals surface area contributed by atoms with Gasteiger partial charge >= 0.3 is 0 Å². The summed E-state index contributed by atoms with van der Waals surface area (Å²) >= 11 is 0. The van der Waals surface area contributed by atoms with Gasteiger partial charge in [-0.2, -0.15) is 0 Å². The van der Waals surface area contributed by atoms with Crippen molar-refractivity contribution in [1.82, 2.24) is 0 Å². The highest BCUT2D eigenvalue weighted by atomic mass is 16.3. The van der Waals surface area contributed by atoms with Crippen LogP contribution in [0.3, 0.4) is 0 Å². The quantitative estimate of drug-likeness (QED) is 0.0836. The van der Waals surface area contributed by atoms with Crippen molar-refractivity contribution in [3.8, 4) is 22.3 Å². The average molecular weight is 760 g/mol. The van der Waals surface area contributed by atoms with E-state index < -0.39 is 0 Å². The lowest BCUT2D eigenvalue weighted by Gasteiger charge is -2.08. The largest absolute Gasteiger partial charge is 0.455 e. The molecule has 0 aliphatic rings. The lowest BCUT2D eigenvalue weighted by molar-refractivity contribution is 0.605. The van der Waals surface area contributed by atoms with Crippen LogP contribution in [0, 0.1) is 0 Å². The van der Waals surface area contributed by atoms with Crippen LogP contribution in [0.4, 0.5) is 5.69 Å². The van der Waals surface area contributed by atoms with Gasteiger partial charge in [-0.1, -0.05) is 140 Å². The van der Waals surface area contributed by atoms with Gasteiger partial charge in [-0.05, 0) is 111 Å². The zero-order valence-electron chi connectivity index (χ0n) is 32.1. The van der Waals surface area contributed by atoms with Crippen molar-refractivity contribution >= 4 is 85.0 Å². The van der Waals surface area contributed by atoms with Gasteiger partial charge in [-0.15, -0.1) is 0 Å². The summed E-state index contributed by atoms with van der Waals surface area (Å²) in [5.41, 5.74) is 9.34. The van der Waals surface area contributed by atoms with Crippen molar-refractivity contribution in [2.45, 2.75) is 6.54 Å². The smallest absolute Gasteiger partial charge is 0.163 e. The Labute approximate surface area is 341 Å². The molecule has 8 aromatic carbocycles. The van der Waals surface area contributed by atoms with Crippen LogP contribution in [0.25, 0.3) is 82.8 Å². The number of amidine groups is 1. The molecule has 59 heavy (non-hydrogen) atoms. The zero-order chi connectivity index (χ0) is 39.5. The number of furan rings is 2. The lowest BCUT2D eigenvalue weighted by atomic mass is 9.97. The molecule has 10 rings (SSSR count). The first kappa shape index (κ1) is 35.5. The molecule has 0 saturated heterocycles. The van der Waals surface area contributed by atoms with Gasteiger partial charge in [0.1, 0.15) is 22.4 Å². The van der Waals surface area contributed by atoms with E-state index in [2.05, 4.69) is 132 Å². The molecule has 0 bridgehead atoms. The number of aliphatic imine (C=N–C) groups is 3. The summed E-state index contributed by atoms with van der Waals surface area (Å²) in [6.45, 7) is 4.59. The van der Waals surface area contributed by atoms with E-state index in [-0.39, 0.29) is 0 Å². The van der Waals surface area contributed by atoms with Crippen LogP contribution in [0.1, 0.15) is 16.9 Å². The third-order valence-electron chi connectivity index (χ3n) is 10.7. The predicted octanol–water partition coefficient (Wildman–Crippen LogP) is 14.6.